The summed E-state index contributed by atoms with van der Waals surface area (Å²) >= 11 is 0. The highest BCUT2D eigenvalue weighted by Gasteiger charge is 2.28. The van der Waals surface area contributed by atoms with E-state index in [0.29, 0.717) is 13.2 Å². The highest BCUT2D eigenvalue weighted by atomic mass is 32.2. The second-order valence-electron chi connectivity index (χ2n) is 4.83. The van der Waals surface area contributed by atoms with Crippen LogP contribution in [0.15, 0.2) is 11.1 Å². The highest BCUT2D eigenvalue weighted by Crippen LogP contribution is 2.21. The van der Waals surface area contributed by atoms with Crippen molar-refractivity contribution in [3.05, 3.63) is 6.20 Å². The minimum Gasteiger partial charge on any atom is -0.381 e. The molecule has 7 nitrogen and oxygen atoms in total. The number of ether oxygens (including phenoxy) is 1. The SMILES string of the molecule is CN(CC1CCCCO1)S(=O)(=O)c1cn(C)nc1N. The molecule has 2 heterocycles. The van der Waals surface area contributed by atoms with Crippen molar-refractivity contribution in [1.82, 2.24) is 14.1 Å². The molecule has 0 saturated carbocycles. The van der Waals surface area contributed by atoms with Crippen LogP contribution in [0.5, 0.6) is 0 Å². The summed E-state index contributed by atoms with van der Waals surface area (Å²) in [6, 6.07) is 0. The Morgan fingerprint density at radius 3 is 2.84 bits per heavy atom. The average molecular weight is 288 g/mol. The van der Waals surface area contributed by atoms with E-state index in [4.69, 9.17) is 10.5 Å². The lowest BCUT2D eigenvalue weighted by Crippen LogP contribution is -2.37. The number of likely N-dealkylation sites (N-methyl/N-ethyl adjacent to an activating group) is 1. The van der Waals surface area contributed by atoms with Gasteiger partial charge in [0, 0.05) is 33.4 Å². The van der Waals surface area contributed by atoms with Crippen molar-refractivity contribution in [2.45, 2.75) is 30.3 Å². The zero-order chi connectivity index (χ0) is 14.0. The van der Waals surface area contributed by atoms with Gasteiger partial charge in [-0.1, -0.05) is 0 Å². The summed E-state index contributed by atoms with van der Waals surface area (Å²) in [7, 11) is -0.423. The van der Waals surface area contributed by atoms with Gasteiger partial charge in [-0.25, -0.2) is 8.42 Å². The fraction of sp³-hybridized carbons (Fsp3) is 0.727. The van der Waals surface area contributed by atoms with Crippen molar-refractivity contribution in [2.24, 2.45) is 7.05 Å². The Bertz CT molecular complexity index is 534. The molecule has 108 valence electrons. The molecule has 1 atom stereocenters. The Morgan fingerprint density at radius 1 is 1.58 bits per heavy atom. The molecule has 0 bridgehead atoms. The van der Waals surface area contributed by atoms with Gasteiger partial charge in [0.25, 0.3) is 0 Å². The van der Waals surface area contributed by atoms with E-state index in [9.17, 15) is 8.42 Å². The van der Waals surface area contributed by atoms with E-state index >= 15 is 0 Å². The van der Waals surface area contributed by atoms with Crippen LogP contribution in [0.1, 0.15) is 19.3 Å². The number of nitrogens with zero attached hydrogens (tertiary/aromatic N) is 3. The molecule has 0 aliphatic carbocycles. The van der Waals surface area contributed by atoms with Gasteiger partial charge in [0.15, 0.2) is 5.82 Å². The summed E-state index contributed by atoms with van der Waals surface area (Å²) < 4.78 is 33.0. The Hall–Kier alpha value is -1.12. The van der Waals surface area contributed by atoms with Gasteiger partial charge in [-0.3, -0.25) is 4.68 Å². The number of hydrogen-bond donors (Lipinski definition) is 1. The quantitative estimate of drug-likeness (QED) is 0.854. The molecule has 1 aliphatic heterocycles. The first-order valence-electron chi connectivity index (χ1n) is 6.28. The molecule has 1 aliphatic rings. The monoisotopic (exact) mass is 288 g/mol. The summed E-state index contributed by atoms with van der Waals surface area (Å²) in [6.07, 6.45) is 4.40. The third-order valence-corrected chi connectivity index (χ3v) is 5.09. The van der Waals surface area contributed by atoms with Crippen LogP contribution < -0.4 is 5.73 Å². The Morgan fingerprint density at radius 2 is 2.32 bits per heavy atom. The third-order valence-electron chi connectivity index (χ3n) is 3.24. The molecule has 0 radical (unpaired) electrons. The molecule has 1 unspecified atom stereocenters. The van der Waals surface area contributed by atoms with Crippen LogP contribution in [0.4, 0.5) is 5.82 Å². The van der Waals surface area contributed by atoms with Gasteiger partial charge in [-0.2, -0.15) is 9.40 Å². The van der Waals surface area contributed by atoms with E-state index in [1.165, 1.54) is 15.2 Å². The van der Waals surface area contributed by atoms with E-state index in [-0.39, 0.29) is 16.8 Å². The lowest BCUT2D eigenvalue weighted by atomic mass is 10.1. The van der Waals surface area contributed by atoms with Crippen molar-refractivity contribution >= 4 is 15.8 Å². The van der Waals surface area contributed by atoms with Crippen LogP contribution >= 0.6 is 0 Å². The normalized spacial score (nSPS) is 20.9. The summed E-state index contributed by atoms with van der Waals surface area (Å²) in [6.45, 7) is 1.05. The molecular formula is C11H20N4O3S. The molecule has 1 aromatic heterocycles. The van der Waals surface area contributed by atoms with Gasteiger partial charge < -0.3 is 10.5 Å². The van der Waals surface area contributed by atoms with Crippen LogP contribution in [-0.2, 0) is 21.8 Å². The number of hydrogen-bond acceptors (Lipinski definition) is 5. The Balaban J connectivity index is 2.12. The maximum Gasteiger partial charge on any atom is 0.248 e. The van der Waals surface area contributed by atoms with E-state index in [2.05, 4.69) is 5.10 Å². The lowest BCUT2D eigenvalue weighted by Gasteiger charge is -2.26. The topological polar surface area (TPSA) is 90.5 Å². The standard InChI is InChI=1S/C11H20N4O3S/c1-14-8-10(11(12)13-14)19(16,17)15(2)7-9-5-3-4-6-18-9/h8-9H,3-7H2,1-2H3,(H2,12,13). The number of sulfonamides is 1. The van der Waals surface area contributed by atoms with E-state index in [0.717, 1.165) is 19.3 Å². The summed E-state index contributed by atoms with van der Waals surface area (Å²) in [5, 5.41) is 3.86. The van der Waals surface area contributed by atoms with Gasteiger partial charge >= 0.3 is 0 Å². The number of aromatic nitrogens is 2. The van der Waals surface area contributed by atoms with Gasteiger partial charge in [-0.05, 0) is 19.3 Å². The van der Waals surface area contributed by atoms with Gasteiger partial charge in [0.1, 0.15) is 4.90 Å². The Labute approximate surface area is 113 Å². The van der Waals surface area contributed by atoms with E-state index in [1.807, 2.05) is 0 Å². The molecule has 1 fully saturated rings. The van der Waals surface area contributed by atoms with Crippen LogP contribution in [0.3, 0.4) is 0 Å². The third kappa shape index (κ3) is 3.07. The first kappa shape index (κ1) is 14.3. The minimum atomic E-state index is -3.60. The van der Waals surface area contributed by atoms with Crippen molar-refractivity contribution < 1.29 is 13.2 Å². The number of nitrogen functional groups attached to an aromatic ring is 1. The number of rotatable bonds is 4. The largest absolute Gasteiger partial charge is 0.381 e. The molecule has 2 N–H and O–H groups in total. The van der Waals surface area contributed by atoms with Crippen LogP contribution in [0.2, 0.25) is 0 Å². The number of nitrogens with two attached hydrogens (primary N) is 1. The fourth-order valence-corrected chi connectivity index (χ4v) is 3.48. The summed E-state index contributed by atoms with van der Waals surface area (Å²) in [5.74, 6) is 0.0268. The minimum absolute atomic E-state index is 0.0268. The number of anilines is 1. The van der Waals surface area contributed by atoms with Gasteiger partial charge in [0.05, 0.1) is 6.10 Å². The van der Waals surface area contributed by atoms with E-state index in [1.54, 1.807) is 14.1 Å². The zero-order valence-corrected chi connectivity index (χ0v) is 12.1. The van der Waals surface area contributed by atoms with Crippen LogP contribution in [-0.4, -0.2) is 48.8 Å². The smallest absolute Gasteiger partial charge is 0.248 e. The molecule has 19 heavy (non-hydrogen) atoms. The molecule has 1 saturated heterocycles. The predicted molar refractivity (Wildman–Crippen MR) is 71.0 cm³/mol. The highest BCUT2D eigenvalue weighted by molar-refractivity contribution is 7.89. The second kappa shape index (κ2) is 5.48. The van der Waals surface area contributed by atoms with E-state index < -0.39 is 10.0 Å². The molecule has 1 aromatic rings. The summed E-state index contributed by atoms with van der Waals surface area (Å²) in [5.41, 5.74) is 5.63. The van der Waals surface area contributed by atoms with Crippen molar-refractivity contribution in [3.63, 3.8) is 0 Å². The van der Waals surface area contributed by atoms with Crippen molar-refractivity contribution in [3.8, 4) is 0 Å². The molecule has 2 rings (SSSR count). The predicted octanol–water partition coefficient (Wildman–Crippen LogP) is 0.192. The first-order chi connectivity index (χ1) is 8.91. The van der Waals surface area contributed by atoms with Crippen LogP contribution in [0, 0.1) is 0 Å². The lowest BCUT2D eigenvalue weighted by molar-refractivity contribution is 0.00859. The second-order valence-corrected chi connectivity index (χ2v) is 6.84. The molecule has 0 amide bonds. The maximum atomic E-state index is 12.4. The molecule has 0 spiro atoms. The van der Waals surface area contributed by atoms with Crippen molar-refractivity contribution in [2.75, 3.05) is 25.9 Å². The van der Waals surface area contributed by atoms with Gasteiger partial charge in [-0.15, -0.1) is 0 Å². The van der Waals surface area contributed by atoms with Crippen molar-refractivity contribution in [1.29, 1.82) is 0 Å². The van der Waals surface area contributed by atoms with Crippen LogP contribution in [0.25, 0.3) is 0 Å². The first-order valence-corrected chi connectivity index (χ1v) is 7.72. The maximum absolute atomic E-state index is 12.4. The summed E-state index contributed by atoms with van der Waals surface area (Å²) in [4.78, 5) is 0.0494. The van der Waals surface area contributed by atoms with Gasteiger partial charge in [0.2, 0.25) is 10.0 Å². The average Bonchev–Trinajstić information content (AvgIpc) is 2.70. The number of aryl methyl sites for hydroxylation is 1. The Kier molecular flexibility index (Phi) is 4.12. The fourth-order valence-electron chi connectivity index (χ4n) is 2.19. The zero-order valence-electron chi connectivity index (χ0n) is 11.2. The molecular weight excluding hydrogens is 268 g/mol. The molecule has 8 heteroatoms. The molecule has 0 aromatic carbocycles.